The zero-order chi connectivity index (χ0) is 14.5. The molecule has 0 radical (unpaired) electrons. The van der Waals surface area contributed by atoms with E-state index in [2.05, 4.69) is 15.9 Å². The maximum Gasteiger partial charge on any atom is 0.243 e. The number of anilines is 1. The minimum atomic E-state index is -3.51. The van der Waals surface area contributed by atoms with Crippen molar-refractivity contribution >= 4 is 31.6 Å². The van der Waals surface area contributed by atoms with Crippen LogP contribution in [0.2, 0.25) is 0 Å². The third-order valence-electron chi connectivity index (χ3n) is 4.40. The third kappa shape index (κ3) is 2.26. The van der Waals surface area contributed by atoms with Gasteiger partial charge in [-0.05, 0) is 52.9 Å². The summed E-state index contributed by atoms with van der Waals surface area (Å²) in [6, 6.07) is 4.65. The average Bonchev–Trinajstić information content (AvgIpc) is 2.96. The van der Waals surface area contributed by atoms with Gasteiger partial charge in [0.05, 0.1) is 11.0 Å². The van der Waals surface area contributed by atoms with Gasteiger partial charge in [0, 0.05) is 29.2 Å². The maximum absolute atomic E-state index is 12.6. The first-order valence-electron chi connectivity index (χ1n) is 6.63. The molecule has 0 bridgehead atoms. The van der Waals surface area contributed by atoms with Gasteiger partial charge in [0.15, 0.2) is 0 Å². The van der Waals surface area contributed by atoms with E-state index in [-0.39, 0.29) is 22.8 Å². The van der Waals surface area contributed by atoms with E-state index in [9.17, 15) is 13.5 Å². The summed E-state index contributed by atoms with van der Waals surface area (Å²) < 4.78 is 27.3. The number of aliphatic hydroxyl groups excluding tert-OH is 1. The van der Waals surface area contributed by atoms with Gasteiger partial charge in [-0.1, -0.05) is 0 Å². The van der Waals surface area contributed by atoms with Crippen LogP contribution in [0.25, 0.3) is 0 Å². The maximum atomic E-state index is 12.6. The summed E-state index contributed by atoms with van der Waals surface area (Å²) in [6.07, 6.45) is 1.33. The molecule has 1 saturated carbocycles. The molecular weight excluding hydrogens is 344 g/mol. The minimum absolute atomic E-state index is 0.0852. The Morgan fingerprint density at radius 1 is 1.30 bits per heavy atom. The van der Waals surface area contributed by atoms with E-state index in [1.807, 2.05) is 0 Å². The van der Waals surface area contributed by atoms with E-state index in [0.717, 1.165) is 12.8 Å². The second-order valence-corrected chi connectivity index (χ2v) is 8.37. The zero-order valence-corrected chi connectivity index (χ0v) is 13.3. The molecule has 2 fully saturated rings. The first-order chi connectivity index (χ1) is 9.39. The van der Waals surface area contributed by atoms with Crippen LogP contribution in [0.15, 0.2) is 27.6 Å². The fraction of sp³-hybridized carbons (Fsp3) is 0.538. The van der Waals surface area contributed by atoms with Crippen LogP contribution in [-0.4, -0.2) is 37.0 Å². The van der Waals surface area contributed by atoms with Gasteiger partial charge in [-0.15, -0.1) is 0 Å². The molecule has 1 aliphatic carbocycles. The Morgan fingerprint density at radius 3 is 2.70 bits per heavy atom. The molecule has 0 spiro atoms. The van der Waals surface area contributed by atoms with Crippen molar-refractivity contribution in [3.8, 4) is 0 Å². The minimum Gasteiger partial charge on any atom is -0.398 e. The Kier molecular flexibility index (Phi) is 3.56. The second-order valence-electron chi connectivity index (χ2n) is 5.57. The standard InChI is InChI=1S/C13H17BrN2O3S/c14-11-5-9(2-3-12(11)15)20(18,19)16-6-8-1-4-13(17)10(8)7-16/h2-3,5,8,10,13,17H,1,4,6-7,15H2. The SMILES string of the molecule is Nc1ccc(S(=O)(=O)N2CC3CCC(O)C3C2)cc1Br. The van der Waals surface area contributed by atoms with Crippen LogP contribution < -0.4 is 5.73 Å². The van der Waals surface area contributed by atoms with Crippen molar-refractivity contribution < 1.29 is 13.5 Å². The van der Waals surface area contributed by atoms with Crippen molar-refractivity contribution in [3.63, 3.8) is 0 Å². The number of aliphatic hydroxyl groups is 1. The van der Waals surface area contributed by atoms with E-state index >= 15 is 0 Å². The lowest BCUT2D eigenvalue weighted by molar-refractivity contribution is 0.129. The van der Waals surface area contributed by atoms with E-state index in [1.54, 1.807) is 6.07 Å². The van der Waals surface area contributed by atoms with E-state index < -0.39 is 10.0 Å². The second kappa shape index (κ2) is 4.98. The topological polar surface area (TPSA) is 83.6 Å². The Hall–Kier alpha value is -0.630. The Morgan fingerprint density at radius 2 is 2.05 bits per heavy atom. The van der Waals surface area contributed by atoms with Crippen LogP contribution in [0.5, 0.6) is 0 Å². The predicted octanol–water partition coefficient (Wildman–Crippen LogP) is 1.42. The fourth-order valence-corrected chi connectivity index (χ4v) is 5.30. The molecule has 1 saturated heterocycles. The van der Waals surface area contributed by atoms with Gasteiger partial charge in [0.2, 0.25) is 10.0 Å². The first-order valence-corrected chi connectivity index (χ1v) is 8.86. The molecule has 3 N–H and O–H groups in total. The largest absolute Gasteiger partial charge is 0.398 e. The van der Waals surface area contributed by atoms with E-state index in [1.165, 1.54) is 16.4 Å². The van der Waals surface area contributed by atoms with Crippen molar-refractivity contribution in [1.29, 1.82) is 0 Å². The Labute approximate surface area is 126 Å². The van der Waals surface area contributed by atoms with Gasteiger partial charge in [-0.25, -0.2) is 8.42 Å². The summed E-state index contributed by atoms with van der Waals surface area (Å²) in [6.45, 7) is 0.919. The van der Waals surface area contributed by atoms with E-state index in [4.69, 9.17) is 5.73 Å². The molecule has 3 atom stereocenters. The Bertz CT molecular complexity index is 635. The number of rotatable bonds is 2. The van der Waals surface area contributed by atoms with Crippen molar-refractivity contribution in [3.05, 3.63) is 22.7 Å². The molecule has 5 nitrogen and oxygen atoms in total. The van der Waals surface area contributed by atoms with Crippen LogP contribution in [0.1, 0.15) is 12.8 Å². The molecule has 3 rings (SSSR count). The molecule has 1 heterocycles. The lowest BCUT2D eigenvalue weighted by Gasteiger charge is -2.18. The number of nitrogens with zero attached hydrogens (tertiary/aromatic N) is 1. The van der Waals surface area contributed by atoms with Gasteiger partial charge in [0.1, 0.15) is 0 Å². The van der Waals surface area contributed by atoms with Crippen molar-refractivity contribution in [2.45, 2.75) is 23.8 Å². The van der Waals surface area contributed by atoms with Gasteiger partial charge in [-0.2, -0.15) is 4.31 Å². The highest BCUT2D eigenvalue weighted by Crippen LogP contribution is 2.40. The van der Waals surface area contributed by atoms with Crippen LogP contribution >= 0.6 is 15.9 Å². The van der Waals surface area contributed by atoms with Crippen molar-refractivity contribution in [2.24, 2.45) is 11.8 Å². The predicted molar refractivity (Wildman–Crippen MR) is 79.5 cm³/mol. The number of sulfonamides is 1. The number of fused-ring (bicyclic) bond motifs is 1. The molecule has 7 heteroatoms. The third-order valence-corrected chi connectivity index (χ3v) is 6.91. The van der Waals surface area contributed by atoms with Gasteiger partial charge in [-0.3, -0.25) is 0 Å². The number of nitrogen functional groups attached to an aromatic ring is 1. The molecule has 3 unspecified atom stereocenters. The quantitative estimate of drug-likeness (QED) is 0.781. The lowest BCUT2D eigenvalue weighted by atomic mass is 10.00. The molecule has 1 aliphatic heterocycles. The van der Waals surface area contributed by atoms with Crippen LogP contribution in [0.4, 0.5) is 5.69 Å². The molecular formula is C13H17BrN2O3S. The number of nitrogens with two attached hydrogens (primary N) is 1. The number of hydrogen-bond acceptors (Lipinski definition) is 4. The monoisotopic (exact) mass is 360 g/mol. The highest BCUT2D eigenvalue weighted by molar-refractivity contribution is 9.10. The van der Waals surface area contributed by atoms with Gasteiger partial charge < -0.3 is 10.8 Å². The Balaban J connectivity index is 1.88. The smallest absolute Gasteiger partial charge is 0.243 e. The van der Waals surface area contributed by atoms with Gasteiger partial charge >= 0.3 is 0 Å². The summed E-state index contributed by atoms with van der Waals surface area (Å²) in [4.78, 5) is 0.244. The van der Waals surface area contributed by atoms with Crippen LogP contribution in [0, 0.1) is 11.8 Å². The molecule has 0 aromatic heterocycles. The highest BCUT2D eigenvalue weighted by atomic mass is 79.9. The molecule has 2 aliphatic rings. The zero-order valence-electron chi connectivity index (χ0n) is 10.9. The summed E-state index contributed by atoms with van der Waals surface area (Å²) >= 11 is 3.26. The molecule has 1 aromatic carbocycles. The summed E-state index contributed by atoms with van der Waals surface area (Å²) in [5.74, 6) is 0.374. The number of benzene rings is 1. The summed E-state index contributed by atoms with van der Waals surface area (Å²) in [7, 11) is -3.51. The van der Waals surface area contributed by atoms with Crippen LogP contribution in [-0.2, 0) is 10.0 Å². The lowest BCUT2D eigenvalue weighted by Crippen LogP contribution is -2.31. The molecule has 20 heavy (non-hydrogen) atoms. The summed E-state index contributed by atoms with van der Waals surface area (Å²) in [5.41, 5.74) is 6.20. The van der Waals surface area contributed by atoms with Gasteiger partial charge in [0.25, 0.3) is 0 Å². The summed E-state index contributed by atoms with van der Waals surface area (Å²) in [5, 5.41) is 9.89. The van der Waals surface area contributed by atoms with Crippen molar-refractivity contribution in [2.75, 3.05) is 18.8 Å². The van der Waals surface area contributed by atoms with Crippen LogP contribution in [0.3, 0.4) is 0 Å². The number of hydrogen-bond donors (Lipinski definition) is 2. The molecule has 0 amide bonds. The first kappa shape index (κ1) is 14.3. The molecule has 110 valence electrons. The average molecular weight is 361 g/mol. The fourth-order valence-electron chi connectivity index (χ4n) is 3.21. The molecule has 1 aromatic rings. The van der Waals surface area contributed by atoms with Crippen molar-refractivity contribution in [1.82, 2.24) is 4.31 Å². The highest BCUT2D eigenvalue weighted by Gasteiger charge is 2.45. The van der Waals surface area contributed by atoms with E-state index in [0.29, 0.717) is 23.2 Å². The number of halogens is 1. The normalized spacial score (nSPS) is 30.6.